The molecule has 0 aromatic heterocycles. The molecule has 1 aromatic rings. The first-order valence-corrected chi connectivity index (χ1v) is 9.51. The molecule has 5 heteroatoms. The van der Waals surface area contributed by atoms with Gasteiger partial charge in [-0.05, 0) is 37.9 Å². The van der Waals surface area contributed by atoms with E-state index in [-0.39, 0.29) is 17.9 Å². The summed E-state index contributed by atoms with van der Waals surface area (Å²) < 4.78 is 0. The second-order valence-corrected chi connectivity index (χ2v) is 7.14. The summed E-state index contributed by atoms with van der Waals surface area (Å²) in [5, 5.41) is 0. The molecule has 0 spiro atoms. The molecule has 136 valence electrons. The average Bonchev–Trinajstić information content (AvgIpc) is 3.08. The zero-order valence-electron chi connectivity index (χ0n) is 15.2. The van der Waals surface area contributed by atoms with Gasteiger partial charge in [0.05, 0.1) is 6.54 Å². The highest BCUT2D eigenvalue weighted by Gasteiger charge is 2.31. The monoisotopic (exact) mass is 343 g/mol. The first-order valence-electron chi connectivity index (χ1n) is 9.51. The molecule has 2 aliphatic heterocycles. The van der Waals surface area contributed by atoms with Gasteiger partial charge in [-0.25, -0.2) is 0 Å². The summed E-state index contributed by atoms with van der Waals surface area (Å²) in [6, 6.07) is 10.2. The number of nitrogens with zero attached hydrogens (tertiary/aromatic N) is 3. The van der Waals surface area contributed by atoms with Gasteiger partial charge in [-0.1, -0.05) is 37.3 Å². The smallest absolute Gasteiger partial charge is 0.236 e. The topological polar surface area (TPSA) is 43.9 Å². The third-order valence-corrected chi connectivity index (χ3v) is 5.37. The Kier molecular flexibility index (Phi) is 6.08. The van der Waals surface area contributed by atoms with Crippen LogP contribution in [-0.4, -0.2) is 65.3 Å². The van der Waals surface area contributed by atoms with Crippen molar-refractivity contribution in [2.75, 3.05) is 32.7 Å². The van der Waals surface area contributed by atoms with Gasteiger partial charge >= 0.3 is 0 Å². The highest BCUT2D eigenvalue weighted by atomic mass is 16.2. The maximum Gasteiger partial charge on any atom is 0.236 e. The van der Waals surface area contributed by atoms with Gasteiger partial charge in [-0.15, -0.1) is 0 Å². The Morgan fingerprint density at radius 3 is 2.52 bits per heavy atom. The molecule has 1 aromatic carbocycles. The van der Waals surface area contributed by atoms with Crippen LogP contribution in [0.5, 0.6) is 0 Å². The third-order valence-electron chi connectivity index (χ3n) is 5.37. The first kappa shape index (κ1) is 17.9. The first-order chi connectivity index (χ1) is 12.2. The lowest BCUT2D eigenvalue weighted by Gasteiger charge is -2.32. The van der Waals surface area contributed by atoms with Crippen LogP contribution >= 0.6 is 0 Å². The van der Waals surface area contributed by atoms with Crippen molar-refractivity contribution in [3.05, 3.63) is 35.9 Å². The molecule has 2 amide bonds. The average molecular weight is 343 g/mol. The Balaban J connectivity index is 1.66. The normalized spacial score (nSPS) is 22.3. The molecule has 0 unspecified atom stereocenters. The fourth-order valence-corrected chi connectivity index (χ4v) is 3.83. The van der Waals surface area contributed by atoms with Crippen molar-refractivity contribution in [3.8, 4) is 0 Å². The lowest BCUT2D eigenvalue weighted by molar-refractivity contribution is -0.133. The number of carbonyl (C=O) groups is 2. The fourth-order valence-electron chi connectivity index (χ4n) is 3.83. The molecule has 25 heavy (non-hydrogen) atoms. The van der Waals surface area contributed by atoms with Gasteiger partial charge in [0.25, 0.3) is 0 Å². The minimum atomic E-state index is 0.0951. The van der Waals surface area contributed by atoms with Gasteiger partial charge in [0, 0.05) is 32.1 Å². The maximum absolute atomic E-state index is 12.7. The second kappa shape index (κ2) is 8.48. The van der Waals surface area contributed by atoms with Gasteiger partial charge in [0.2, 0.25) is 11.8 Å². The van der Waals surface area contributed by atoms with Crippen LogP contribution in [0.25, 0.3) is 0 Å². The molecule has 5 nitrogen and oxygen atoms in total. The minimum absolute atomic E-state index is 0.0951. The lowest BCUT2D eigenvalue weighted by atomic mass is 10.1. The quantitative estimate of drug-likeness (QED) is 0.823. The number of carbonyl (C=O) groups excluding carboxylic acids is 2. The molecule has 2 heterocycles. The molecule has 0 saturated carbocycles. The van der Waals surface area contributed by atoms with Gasteiger partial charge in [0.15, 0.2) is 0 Å². The second-order valence-electron chi connectivity index (χ2n) is 7.14. The van der Waals surface area contributed by atoms with Crippen molar-refractivity contribution in [3.63, 3.8) is 0 Å². The van der Waals surface area contributed by atoms with Crippen LogP contribution in [0.4, 0.5) is 0 Å². The van der Waals surface area contributed by atoms with E-state index in [1.54, 1.807) is 0 Å². The number of likely N-dealkylation sites (tertiary alicyclic amines) is 1. The summed E-state index contributed by atoms with van der Waals surface area (Å²) in [6.45, 7) is 6.49. The van der Waals surface area contributed by atoms with Crippen LogP contribution in [0.3, 0.4) is 0 Å². The van der Waals surface area contributed by atoms with Crippen molar-refractivity contribution < 1.29 is 9.59 Å². The lowest BCUT2D eigenvalue weighted by Crippen LogP contribution is -2.46. The van der Waals surface area contributed by atoms with Crippen LogP contribution in [0.15, 0.2) is 30.3 Å². The largest absolute Gasteiger partial charge is 0.339 e. The number of hydrogen-bond acceptors (Lipinski definition) is 3. The van der Waals surface area contributed by atoms with E-state index < -0.39 is 0 Å². The maximum atomic E-state index is 12.7. The summed E-state index contributed by atoms with van der Waals surface area (Å²) in [5.41, 5.74) is 1.14. The van der Waals surface area contributed by atoms with Gasteiger partial charge < -0.3 is 9.80 Å². The number of benzene rings is 1. The van der Waals surface area contributed by atoms with Crippen LogP contribution in [-0.2, 0) is 16.1 Å². The number of amides is 2. The van der Waals surface area contributed by atoms with Crippen LogP contribution in [0.2, 0.25) is 0 Å². The van der Waals surface area contributed by atoms with E-state index in [0.29, 0.717) is 32.6 Å². The van der Waals surface area contributed by atoms with E-state index in [9.17, 15) is 9.59 Å². The SMILES string of the molecule is CC[C@H]1CN(C(=O)CN2CCCC2)CCC(=O)N1Cc1ccccc1. The zero-order valence-corrected chi connectivity index (χ0v) is 15.2. The van der Waals surface area contributed by atoms with E-state index in [0.717, 1.165) is 25.1 Å². The van der Waals surface area contributed by atoms with E-state index in [2.05, 4.69) is 24.0 Å². The van der Waals surface area contributed by atoms with Crippen molar-refractivity contribution in [1.82, 2.24) is 14.7 Å². The predicted molar refractivity (Wildman–Crippen MR) is 97.9 cm³/mol. The zero-order chi connectivity index (χ0) is 17.6. The molecule has 0 bridgehead atoms. The van der Waals surface area contributed by atoms with E-state index >= 15 is 0 Å². The number of hydrogen-bond donors (Lipinski definition) is 0. The molecule has 2 fully saturated rings. The number of rotatable bonds is 5. The van der Waals surface area contributed by atoms with Gasteiger partial charge in [0.1, 0.15) is 0 Å². The van der Waals surface area contributed by atoms with Crippen molar-refractivity contribution in [2.45, 2.75) is 45.2 Å². The molecule has 0 N–H and O–H groups in total. The third kappa shape index (κ3) is 4.60. The molecular weight excluding hydrogens is 314 g/mol. The summed E-state index contributed by atoms with van der Waals surface area (Å²) in [6.07, 6.45) is 3.67. The Hall–Kier alpha value is -1.88. The highest BCUT2D eigenvalue weighted by Crippen LogP contribution is 2.18. The Morgan fingerprint density at radius 1 is 1.12 bits per heavy atom. The van der Waals surface area contributed by atoms with Crippen LogP contribution in [0, 0.1) is 0 Å². The Bertz CT molecular complexity index is 584. The summed E-state index contributed by atoms with van der Waals surface area (Å²) in [7, 11) is 0. The van der Waals surface area contributed by atoms with Gasteiger partial charge in [-0.3, -0.25) is 14.5 Å². The van der Waals surface area contributed by atoms with Crippen LogP contribution < -0.4 is 0 Å². The fraction of sp³-hybridized carbons (Fsp3) is 0.600. The standard InChI is InChI=1S/C20H29N3O2/c1-2-18-15-22(20(25)16-21-11-6-7-12-21)13-10-19(24)23(18)14-17-8-4-3-5-9-17/h3-5,8-9,18H,2,6-7,10-16H2,1H3/t18-/m0/s1. The molecule has 2 aliphatic rings. The van der Waals surface area contributed by atoms with E-state index in [4.69, 9.17) is 0 Å². The van der Waals surface area contributed by atoms with Crippen molar-refractivity contribution in [1.29, 1.82) is 0 Å². The highest BCUT2D eigenvalue weighted by molar-refractivity contribution is 5.81. The van der Waals surface area contributed by atoms with E-state index in [1.165, 1.54) is 12.8 Å². The van der Waals surface area contributed by atoms with Crippen molar-refractivity contribution in [2.24, 2.45) is 0 Å². The molecule has 2 saturated heterocycles. The molecular formula is C20H29N3O2. The minimum Gasteiger partial charge on any atom is -0.339 e. The van der Waals surface area contributed by atoms with E-state index in [1.807, 2.05) is 28.0 Å². The van der Waals surface area contributed by atoms with Crippen molar-refractivity contribution >= 4 is 11.8 Å². The van der Waals surface area contributed by atoms with Gasteiger partial charge in [-0.2, -0.15) is 0 Å². The molecule has 1 atom stereocenters. The predicted octanol–water partition coefficient (Wildman–Crippen LogP) is 2.12. The summed E-state index contributed by atoms with van der Waals surface area (Å²) >= 11 is 0. The summed E-state index contributed by atoms with van der Waals surface area (Å²) in [4.78, 5) is 31.5. The van der Waals surface area contributed by atoms with Crippen LogP contribution in [0.1, 0.15) is 38.2 Å². The Morgan fingerprint density at radius 2 is 1.84 bits per heavy atom. The molecule has 0 radical (unpaired) electrons. The Labute approximate surface area is 150 Å². The molecule has 3 rings (SSSR count). The summed E-state index contributed by atoms with van der Waals surface area (Å²) in [5.74, 6) is 0.335. The molecule has 0 aliphatic carbocycles.